The molecule has 3 aliphatic rings. The number of hydrogen-bond donors (Lipinski definition) is 0. The average molecular weight is 603 g/mol. The number of esters is 1. The Kier molecular flexibility index (Phi) is 10.3. The molecule has 8 heteroatoms. The quantitative estimate of drug-likeness (QED) is 0.212. The van der Waals surface area contributed by atoms with Crippen molar-refractivity contribution in [2.24, 2.45) is 17.8 Å². The number of benzene rings is 2. The van der Waals surface area contributed by atoms with E-state index in [1.165, 1.54) is 12.1 Å². The minimum absolute atomic E-state index is 0.0563. The fraction of sp³-hybridized carbons (Fsp3) is 0.571. The van der Waals surface area contributed by atoms with E-state index in [9.17, 15) is 22.4 Å². The van der Waals surface area contributed by atoms with Gasteiger partial charge in [-0.1, -0.05) is 12.1 Å². The average Bonchev–Trinajstić information content (AvgIpc) is 3.03. The SMILES string of the molecule is CCOc1ccc(C2=CCC(C3CCC(OC(=O)C4CCC(c5ccc(OCC)c(F)c5F)CC4)CC3)CC2)c(F)c1F. The summed E-state index contributed by atoms with van der Waals surface area (Å²) < 4.78 is 74.4. The molecule has 1 atom stereocenters. The van der Waals surface area contributed by atoms with Gasteiger partial charge in [0.05, 0.1) is 19.1 Å². The molecule has 0 radical (unpaired) electrons. The van der Waals surface area contributed by atoms with E-state index < -0.39 is 23.3 Å². The van der Waals surface area contributed by atoms with Gasteiger partial charge in [0.15, 0.2) is 23.1 Å². The fourth-order valence-electron chi connectivity index (χ4n) is 7.28. The van der Waals surface area contributed by atoms with Crippen molar-refractivity contribution in [3.05, 3.63) is 64.7 Å². The van der Waals surface area contributed by atoms with Crippen molar-refractivity contribution in [2.75, 3.05) is 13.2 Å². The lowest BCUT2D eigenvalue weighted by Crippen LogP contribution is -2.31. The molecule has 234 valence electrons. The highest BCUT2D eigenvalue weighted by molar-refractivity contribution is 5.72. The lowest BCUT2D eigenvalue weighted by molar-refractivity contribution is -0.157. The molecule has 2 fully saturated rings. The number of rotatable bonds is 9. The Morgan fingerprint density at radius 1 is 0.721 bits per heavy atom. The summed E-state index contributed by atoms with van der Waals surface area (Å²) in [4.78, 5) is 13.0. The molecule has 3 aliphatic carbocycles. The predicted octanol–water partition coefficient (Wildman–Crippen LogP) is 9.30. The molecule has 0 saturated heterocycles. The van der Waals surface area contributed by atoms with Crippen LogP contribution in [0.4, 0.5) is 17.6 Å². The van der Waals surface area contributed by atoms with Crippen molar-refractivity contribution in [1.82, 2.24) is 0 Å². The van der Waals surface area contributed by atoms with Crippen molar-refractivity contribution in [1.29, 1.82) is 0 Å². The molecule has 0 aliphatic heterocycles. The third-order valence-electron chi connectivity index (χ3n) is 9.69. The topological polar surface area (TPSA) is 44.8 Å². The van der Waals surface area contributed by atoms with Gasteiger partial charge in [0.1, 0.15) is 6.10 Å². The molecule has 0 spiro atoms. The summed E-state index contributed by atoms with van der Waals surface area (Å²) in [6.45, 7) is 4.00. The van der Waals surface area contributed by atoms with Gasteiger partial charge in [-0.2, -0.15) is 8.78 Å². The molecule has 0 aromatic heterocycles. The normalized spacial score (nSPS) is 26.0. The lowest BCUT2D eigenvalue weighted by atomic mass is 9.72. The standard InChI is InChI=1S/C35H42F4O4/c1-3-41-29-19-17-27(31(36)33(29)38)23-7-5-21(6-8-23)22-13-15-26(16-14-22)43-35(40)25-11-9-24(10-12-25)28-18-20-30(42-4-2)34(39)32(28)37/h7,17-22,24-26H,3-6,8-16H2,1-2H3. The summed E-state index contributed by atoms with van der Waals surface area (Å²) in [6.07, 6.45) is 10.5. The molecule has 2 saturated carbocycles. The summed E-state index contributed by atoms with van der Waals surface area (Å²) >= 11 is 0. The second-order valence-corrected chi connectivity index (χ2v) is 12.2. The largest absolute Gasteiger partial charge is 0.491 e. The Bertz CT molecular complexity index is 1310. The van der Waals surface area contributed by atoms with Crippen LogP contribution >= 0.6 is 0 Å². The van der Waals surface area contributed by atoms with E-state index in [1.807, 2.05) is 0 Å². The van der Waals surface area contributed by atoms with E-state index in [0.717, 1.165) is 44.1 Å². The minimum atomic E-state index is -0.946. The van der Waals surface area contributed by atoms with Gasteiger partial charge in [0.2, 0.25) is 11.6 Å². The van der Waals surface area contributed by atoms with Gasteiger partial charge in [-0.25, -0.2) is 8.78 Å². The number of carbonyl (C=O) groups is 1. The van der Waals surface area contributed by atoms with E-state index in [0.29, 0.717) is 55.1 Å². The predicted molar refractivity (Wildman–Crippen MR) is 157 cm³/mol. The first-order chi connectivity index (χ1) is 20.8. The van der Waals surface area contributed by atoms with Crippen molar-refractivity contribution in [3.63, 3.8) is 0 Å². The highest BCUT2D eigenvalue weighted by atomic mass is 19.2. The summed E-state index contributed by atoms with van der Waals surface area (Å²) in [6, 6.07) is 6.20. The first kappa shape index (κ1) is 31.4. The van der Waals surface area contributed by atoms with Crippen LogP contribution in [0.5, 0.6) is 11.5 Å². The lowest BCUT2D eigenvalue weighted by Gasteiger charge is -2.36. The molecule has 1 unspecified atom stereocenters. The van der Waals surface area contributed by atoms with E-state index in [4.69, 9.17) is 14.2 Å². The Labute approximate surface area is 251 Å². The molecular weight excluding hydrogens is 560 g/mol. The van der Waals surface area contributed by atoms with Crippen LogP contribution in [0.3, 0.4) is 0 Å². The van der Waals surface area contributed by atoms with E-state index in [2.05, 4.69) is 6.08 Å². The van der Waals surface area contributed by atoms with Crippen LogP contribution in [0.2, 0.25) is 0 Å². The van der Waals surface area contributed by atoms with Crippen LogP contribution in [0.15, 0.2) is 30.3 Å². The van der Waals surface area contributed by atoms with E-state index in [-0.39, 0.29) is 48.6 Å². The summed E-state index contributed by atoms with van der Waals surface area (Å²) in [7, 11) is 0. The highest BCUT2D eigenvalue weighted by Crippen LogP contribution is 2.43. The number of hydrogen-bond acceptors (Lipinski definition) is 4. The van der Waals surface area contributed by atoms with Crippen molar-refractivity contribution in [2.45, 2.75) is 96.5 Å². The third-order valence-corrected chi connectivity index (χ3v) is 9.69. The monoisotopic (exact) mass is 602 g/mol. The van der Waals surface area contributed by atoms with Gasteiger partial charge < -0.3 is 14.2 Å². The number of allylic oxidation sites excluding steroid dienone is 2. The number of halogens is 4. The third kappa shape index (κ3) is 7.04. The van der Waals surface area contributed by atoms with Crippen LogP contribution in [-0.2, 0) is 9.53 Å². The zero-order valence-electron chi connectivity index (χ0n) is 25.1. The van der Waals surface area contributed by atoms with Crippen molar-refractivity contribution >= 4 is 11.5 Å². The zero-order valence-corrected chi connectivity index (χ0v) is 25.1. The first-order valence-electron chi connectivity index (χ1n) is 15.9. The Balaban J connectivity index is 1.07. The molecular formula is C35H42F4O4. The van der Waals surface area contributed by atoms with Crippen molar-refractivity contribution in [3.8, 4) is 11.5 Å². The van der Waals surface area contributed by atoms with Crippen LogP contribution < -0.4 is 9.47 Å². The fourth-order valence-corrected chi connectivity index (χ4v) is 7.28. The van der Waals surface area contributed by atoms with Crippen LogP contribution in [0.25, 0.3) is 5.57 Å². The summed E-state index contributed by atoms with van der Waals surface area (Å²) in [5.41, 5.74) is 1.52. The minimum Gasteiger partial charge on any atom is -0.491 e. The van der Waals surface area contributed by atoms with Gasteiger partial charge in [-0.15, -0.1) is 0 Å². The second kappa shape index (κ2) is 14.2. The van der Waals surface area contributed by atoms with Gasteiger partial charge in [0.25, 0.3) is 0 Å². The second-order valence-electron chi connectivity index (χ2n) is 12.2. The van der Waals surface area contributed by atoms with Crippen molar-refractivity contribution < 1.29 is 36.6 Å². The number of carbonyl (C=O) groups excluding carboxylic acids is 1. The molecule has 2 aromatic carbocycles. The Morgan fingerprint density at radius 2 is 1.35 bits per heavy atom. The van der Waals surface area contributed by atoms with Crippen LogP contribution in [0.1, 0.15) is 102 Å². The Morgan fingerprint density at radius 3 is 1.95 bits per heavy atom. The zero-order chi connectivity index (χ0) is 30.5. The van der Waals surface area contributed by atoms with Gasteiger partial charge in [-0.3, -0.25) is 4.79 Å². The van der Waals surface area contributed by atoms with E-state index >= 15 is 0 Å². The van der Waals surface area contributed by atoms with E-state index in [1.54, 1.807) is 26.0 Å². The molecule has 5 rings (SSSR count). The Hall–Kier alpha value is -3.03. The highest BCUT2D eigenvalue weighted by Gasteiger charge is 2.34. The first-order valence-corrected chi connectivity index (χ1v) is 15.9. The molecule has 0 heterocycles. The molecule has 0 bridgehead atoms. The van der Waals surface area contributed by atoms with Gasteiger partial charge >= 0.3 is 5.97 Å². The van der Waals surface area contributed by atoms with Gasteiger partial charge in [0, 0.05) is 5.56 Å². The summed E-state index contributed by atoms with van der Waals surface area (Å²) in [5.74, 6) is -3.20. The van der Waals surface area contributed by atoms with Crippen LogP contribution in [0, 0.1) is 41.0 Å². The molecule has 43 heavy (non-hydrogen) atoms. The van der Waals surface area contributed by atoms with Crippen LogP contribution in [-0.4, -0.2) is 25.3 Å². The van der Waals surface area contributed by atoms with Gasteiger partial charge in [-0.05, 0) is 132 Å². The number of ether oxygens (including phenoxy) is 3. The molecule has 4 nitrogen and oxygen atoms in total. The maximum atomic E-state index is 14.7. The smallest absolute Gasteiger partial charge is 0.309 e. The molecule has 2 aromatic rings. The summed E-state index contributed by atoms with van der Waals surface area (Å²) in [5, 5.41) is 0. The molecule has 0 N–H and O–H groups in total. The maximum Gasteiger partial charge on any atom is 0.309 e. The molecule has 0 amide bonds. The maximum absolute atomic E-state index is 14.7.